The van der Waals surface area contributed by atoms with Gasteiger partial charge in [-0.25, -0.2) is 8.42 Å². The largest absolute Gasteiger partial charge is 0.493 e. The van der Waals surface area contributed by atoms with Crippen molar-refractivity contribution >= 4 is 21.6 Å². The molecule has 1 aliphatic heterocycles. The molecule has 156 valence electrons. The van der Waals surface area contributed by atoms with Crippen LogP contribution in [0.3, 0.4) is 0 Å². The van der Waals surface area contributed by atoms with Crippen molar-refractivity contribution in [2.45, 2.75) is 17.7 Å². The molecule has 9 heteroatoms. The van der Waals surface area contributed by atoms with E-state index in [1.165, 1.54) is 49.9 Å². The third-order valence-corrected chi connectivity index (χ3v) is 6.65. The zero-order chi connectivity index (χ0) is 21.0. The van der Waals surface area contributed by atoms with E-state index < -0.39 is 10.0 Å². The van der Waals surface area contributed by atoms with E-state index in [-0.39, 0.29) is 10.8 Å². The van der Waals surface area contributed by atoms with Crippen molar-refractivity contribution < 1.29 is 27.4 Å². The van der Waals surface area contributed by atoms with Crippen molar-refractivity contribution in [2.24, 2.45) is 0 Å². The Kier molecular flexibility index (Phi) is 6.29. The first-order chi connectivity index (χ1) is 13.9. The predicted octanol–water partition coefficient (Wildman–Crippen LogP) is 2.75. The lowest BCUT2D eigenvalue weighted by molar-refractivity contribution is 0.102. The number of hydrogen-bond acceptors (Lipinski definition) is 6. The molecule has 1 fully saturated rings. The molecule has 1 aliphatic rings. The molecule has 3 rings (SSSR count). The van der Waals surface area contributed by atoms with E-state index in [0.717, 1.165) is 12.8 Å². The highest BCUT2D eigenvalue weighted by Crippen LogP contribution is 2.40. The van der Waals surface area contributed by atoms with Crippen LogP contribution in [0, 0.1) is 0 Å². The van der Waals surface area contributed by atoms with E-state index in [0.29, 0.717) is 41.6 Å². The van der Waals surface area contributed by atoms with E-state index in [4.69, 9.17) is 14.2 Å². The summed E-state index contributed by atoms with van der Waals surface area (Å²) < 4.78 is 42.5. The average Bonchev–Trinajstić information content (AvgIpc) is 3.28. The first-order valence-electron chi connectivity index (χ1n) is 9.12. The summed E-state index contributed by atoms with van der Waals surface area (Å²) in [6.45, 7) is 1.07. The molecule has 0 saturated carbocycles. The van der Waals surface area contributed by atoms with Gasteiger partial charge in [-0.2, -0.15) is 4.31 Å². The fraction of sp³-hybridized carbons (Fsp3) is 0.350. The third-order valence-electron chi connectivity index (χ3n) is 4.74. The molecule has 29 heavy (non-hydrogen) atoms. The molecule has 0 unspecified atom stereocenters. The smallest absolute Gasteiger partial charge is 0.255 e. The van der Waals surface area contributed by atoms with Crippen molar-refractivity contribution in [3.05, 3.63) is 42.0 Å². The van der Waals surface area contributed by atoms with Crippen LogP contribution in [0.2, 0.25) is 0 Å². The minimum absolute atomic E-state index is 0.184. The second kappa shape index (κ2) is 8.71. The highest BCUT2D eigenvalue weighted by molar-refractivity contribution is 7.89. The van der Waals surface area contributed by atoms with Crippen LogP contribution >= 0.6 is 0 Å². The maximum Gasteiger partial charge on any atom is 0.255 e. The first kappa shape index (κ1) is 20.9. The Labute approximate surface area is 170 Å². The summed E-state index contributed by atoms with van der Waals surface area (Å²) in [7, 11) is 0.962. The number of ether oxygens (including phenoxy) is 3. The Hall–Kier alpha value is -2.78. The van der Waals surface area contributed by atoms with Crippen LogP contribution in [0.25, 0.3) is 0 Å². The van der Waals surface area contributed by atoms with Gasteiger partial charge in [0.25, 0.3) is 5.91 Å². The molecule has 8 nitrogen and oxygen atoms in total. The van der Waals surface area contributed by atoms with Crippen LogP contribution in [0.1, 0.15) is 23.2 Å². The number of carbonyl (C=O) groups excluding carboxylic acids is 1. The van der Waals surface area contributed by atoms with Gasteiger partial charge < -0.3 is 19.5 Å². The number of methoxy groups -OCH3 is 3. The second-order valence-electron chi connectivity index (χ2n) is 6.50. The number of rotatable bonds is 7. The molecule has 0 bridgehead atoms. The number of amides is 1. The Morgan fingerprint density at radius 1 is 0.931 bits per heavy atom. The van der Waals surface area contributed by atoms with Gasteiger partial charge in [-0.1, -0.05) is 0 Å². The Morgan fingerprint density at radius 2 is 1.48 bits per heavy atom. The van der Waals surface area contributed by atoms with Gasteiger partial charge in [0, 0.05) is 36.5 Å². The van der Waals surface area contributed by atoms with Gasteiger partial charge in [0.2, 0.25) is 15.8 Å². The van der Waals surface area contributed by atoms with Crippen LogP contribution in [-0.2, 0) is 10.0 Å². The number of anilines is 1. The lowest BCUT2D eigenvalue weighted by Gasteiger charge is -2.16. The molecule has 1 amide bonds. The molecule has 1 heterocycles. The minimum Gasteiger partial charge on any atom is -0.493 e. The number of nitrogens with zero attached hydrogens (tertiary/aromatic N) is 1. The van der Waals surface area contributed by atoms with Crippen molar-refractivity contribution in [3.8, 4) is 17.2 Å². The molecule has 0 atom stereocenters. The zero-order valence-electron chi connectivity index (χ0n) is 16.6. The van der Waals surface area contributed by atoms with Gasteiger partial charge in [0.15, 0.2) is 11.5 Å². The number of benzene rings is 2. The van der Waals surface area contributed by atoms with Crippen molar-refractivity contribution in [1.82, 2.24) is 4.31 Å². The molecule has 0 spiro atoms. The van der Waals surface area contributed by atoms with E-state index in [9.17, 15) is 13.2 Å². The fourth-order valence-corrected chi connectivity index (χ4v) is 4.73. The summed E-state index contributed by atoms with van der Waals surface area (Å²) in [5, 5.41) is 2.76. The third kappa shape index (κ3) is 4.30. The van der Waals surface area contributed by atoms with Crippen LogP contribution in [0.4, 0.5) is 5.69 Å². The summed E-state index contributed by atoms with van der Waals surface area (Å²) in [4.78, 5) is 12.8. The topological polar surface area (TPSA) is 94.2 Å². The molecule has 0 aromatic heterocycles. The van der Waals surface area contributed by atoms with Gasteiger partial charge in [-0.15, -0.1) is 0 Å². The summed E-state index contributed by atoms with van der Waals surface area (Å²) in [5.41, 5.74) is 0.789. The first-order valence-corrected chi connectivity index (χ1v) is 10.6. The van der Waals surface area contributed by atoms with Crippen LogP contribution in [0.15, 0.2) is 41.3 Å². The van der Waals surface area contributed by atoms with Gasteiger partial charge in [0.1, 0.15) is 0 Å². The van der Waals surface area contributed by atoms with Crippen LogP contribution in [0.5, 0.6) is 17.2 Å². The number of sulfonamides is 1. The molecule has 1 saturated heterocycles. The predicted molar refractivity (Wildman–Crippen MR) is 108 cm³/mol. The van der Waals surface area contributed by atoms with E-state index in [2.05, 4.69) is 5.32 Å². The highest BCUT2D eigenvalue weighted by atomic mass is 32.2. The maximum absolute atomic E-state index is 12.6. The zero-order valence-corrected chi connectivity index (χ0v) is 17.4. The Bertz CT molecular complexity index is 958. The second-order valence-corrected chi connectivity index (χ2v) is 8.44. The maximum atomic E-state index is 12.6. The standard InChI is InChI=1S/C20H24N2O6S/c1-26-17-12-15(13-18(27-2)19(17)28-3)21-20(23)14-6-8-16(9-7-14)29(24,25)22-10-4-5-11-22/h6-9,12-13H,4-5,10-11H2,1-3H3,(H,21,23). The SMILES string of the molecule is COc1cc(NC(=O)c2ccc(S(=O)(=O)N3CCCC3)cc2)cc(OC)c1OC. The quantitative estimate of drug-likeness (QED) is 0.740. The molecular formula is C20H24N2O6S. The molecular weight excluding hydrogens is 396 g/mol. The number of hydrogen-bond donors (Lipinski definition) is 1. The molecule has 1 N–H and O–H groups in total. The molecule has 0 aliphatic carbocycles. The number of nitrogens with one attached hydrogen (secondary N) is 1. The fourth-order valence-electron chi connectivity index (χ4n) is 3.21. The van der Waals surface area contributed by atoms with E-state index >= 15 is 0 Å². The Balaban J connectivity index is 1.79. The number of carbonyl (C=O) groups is 1. The van der Waals surface area contributed by atoms with Crippen LogP contribution < -0.4 is 19.5 Å². The van der Waals surface area contributed by atoms with Gasteiger partial charge in [0.05, 0.1) is 26.2 Å². The van der Waals surface area contributed by atoms with Gasteiger partial charge in [-0.3, -0.25) is 4.79 Å². The molecule has 2 aromatic carbocycles. The van der Waals surface area contributed by atoms with Crippen molar-refractivity contribution in [3.63, 3.8) is 0 Å². The van der Waals surface area contributed by atoms with Crippen LogP contribution in [-0.4, -0.2) is 53.0 Å². The van der Waals surface area contributed by atoms with E-state index in [1.807, 2.05) is 0 Å². The lowest BCUT2D eigenvalue weighted by Crippen LogP contribution is -2.27. The molecule has 2 aromatic rings. The lowest BCUT2D eigenvalue weighted by atomic mass is 10.2. The van der Waals surface area contributed by atoms with Crippen molar-refractivity contribution in [1.29, 1.82) is 0 Å². The minimum atomic E-state index is -3.51. The average molecular weight is 420 g/mol. The molecule has 0 radical (unpaired) electrons. The normalized spacial score (nSPS) is 14.4. The summed E-state index contributed by atoms with van der Waals surface area (Å²) >= 11 is 0. The van der Waals surface area contributed by atoms with Gasteiger partial charge >= 0.3 is 0 Å². The summed E-state index contributed by atoms with van der Waals surface area (Å²) in [6.07, 6.45) is 1.74. The summed E-state index contributed by atoms with van der Waals surface area (Å²) in [6, 6.07) is 9.14. The highest BCUT2D eigenvalue weighted by Gasteiger charge is 2.27. The summed E-state index contributed by atoms with van der Waals surface area (Å²) in [5.74, 6) is 0.859. The van der Waals surface area contributed by atoms with Gasteiger partial charge in [-0.05, 0) is 37.1 Å². The van der Waals surface area contributed by atoms with Crippen molar-refractivity contribution in [2.75, 3.05) is 39.7 Å². The Morgan fingerprint density at radius 3 is 1.97 bits per heavy atom. The monoisotopic (exact) mass is 420 g/mol. The van der Waals surface area contributed by atoms with E-state index in [1.54, 1.807) is 12.1 Å².